The third kappa shape index (κ3) is 4.64. The van der Waals surface area contributed by atoms with Gasteiger partial charge in [0.2, 0.25) is 15.9 Å². The first kappa shape index (κ1) is 23.4. The molecule has 0 radical (unpaired) electrons. The van der Waals surface area contributed by atoms with Crippen molar-refractivity contribution >= 4 is 32.8 Å². The zero-order chi connectivity index (χ0) is 24.3. The largest absolute Gasteiger partial charge is 0.383 e. The number of sulfonamides is 1. The van der Waals surface area contributed by atoms with Gasteiger partial charge in [-0.1, -0.05) is 30.7 Å². The fourth-order valence-corrected chi connectivity index (χ4v) is 5.18. The summed E-state index contributed by atoms with van der Waals surface area (Å²) < 4.78 is 29.4. The van der Waals surface area contributed by atoms with Crippen molar-refractivity contribution in [1.29, 1.82) is 0 Å². The van der Waals surface area contributed by atoms with Gasteiger partial charge in [0.25, 0.3) is 0 Å². The molecule has 1 unspecified atom stereocenters. The lowest BCUT2D eigenvalue weighted by Gasteiger charge is -2.32. The molecule has 1 fully saturated rings. The molecule has 4 rings (SSSR count). The van der Waals surface area contributed by atoms with Crippen LogP contribution in [0.2, 0.25) is 0 Å². The normalized spacial score (nSPS) is 16.1. The van der Waals surface area contributed by atoms with Gasteiger partial charge in [-0.25, -0.2) is 23.1 Å². The number of aromatic nitrogens is 4. The number of likely N-dealkylation sites (tertiary alicyclic amines) is 1. The summed E-state index contributed by atoms with van der Waals surface area (Å²) in [6.07, 6.45) is 4.29. The van der Waals surface area contributed by atoms with E-state index in [4.69, 9.17) is 5.73 Å². The zero-order valence-electron chi connectivity index (χ0n) is 18.7. The number of anilines is 1. The molecule has 11 heteroatoms. The van der Waals surface area contributed by atoms with Crippen molar-refractivity contribution in [3.63, 3.8) is 0 Å². The second-order valence-corrected chi connectivity index (χ2v) is 9.66. The van der Waals surface area contributed by atoms with Gasteiger partial charge in [-0.15, -0.1) is 0 Å². The molecule has 1 amide bonds. The third-order valence-electron chi connectivity index (χ3n) is 5.69. The summed E-state index contributed by atoms with van der Waals surface area (Å²) in [4.78, 5) is 22.4. The van der Waals surface area contributed by atoms with Crippen LogP contribution < -0.4 is 10.5 Å². The van der Waals surface area contributed by atoms with Crippen LogP contribution in [0.25, 0.3) is 11.0 Å². The number of hydrogen-bond acceptors (Lipinski definition) is 7. The van der Waals surface area contributed by atoms with Crippen LogP contribution in [-0.2, 0) is 14.8 Å². The number of nitrogens with one attached hydrogen (secondary N) is 1. The number of benzene rings is 1. The van der Waals surface area contributed by atoms with Gasteiger partial charge in [-0.3, -0.25) is 4.79 Å². The lowest BCUT2D eigenvalue weighted by molar-refractivity contribution is -0.127. The van der Waals surface area contributed by atoms with Crippen molar-refractivity contribution in [2.45, 2.75) is 30.7 Å². The van der Waals surface area contributed by atoms with Gasteiger partial charge in [0, 0.05) is 13.1 Å². The van der Waals surface area contributed by atoms with Gasteiger partial charge in [0.05, 0.1) is 22.9 Å². The molecule has 0 spiro atoms. The molecule has 3 heterocycles. The summed E-state index contributed by atoms with van der Waals surface area (Å²) in [6.45, 7) is 6.32. The first-order valence-electron chi connectivity index (χ1n) is 10.8. The summed E-state index contributed by atoms with van der Waals surface area (Å²) in [7, 11) is -3.70. The maximum absolute atomic E-state index is 12.6. The topological polar surface area (TPSA) is 136 Å². The van der Waals surface area contributed by atoms with Crippen LogP contribution in [0, 0.1) is 18.8 Å². The number of piperidine rings is 1. The molecule has 1 aromatic carbocycles. The molecule has 10 nitrogen and oxygen atoms in total. The molecular weight excluding hydrogens is 454 g/mol. The van der Waals surface area contributed by atoms with Crippen LogP contribution in [0.5, 0.6) is 0 Å². The predicted octanol–water partition coefficient (Wildman–Crippen LogP) is 1.40. The Labute approximate surface area is 197 Å². The maximum Gasteiger partial charge on any atom is 0.246 e. The highest BCUT2D eigenvalue weighted by Crippen LogP contribution is 2.28. The highest BCUT2D eigenvalue weighted by atomic mass is 32.2. The van der Waals surface area contributed by atoms with Gasteiger partial charge in [0.15, 0.2) is 5.65 Å². The van der Waals surface area contributed by atoms with E-state index < -0.39 is 10.0 Å². The van der Waals surface area contributed by atoms with Crippen molar-refractivity contribution in [1.82, 2.24) is 29.4 Å². The minimum absolute atomic E-state index is 0.107. The van der Waals surface area contributed by atoms with E-state index in [2.05, 4.69) is 38.2 Å². The van der Waals surface area contributed by atoms with Crippen molar-refractivity contribution in [2.75, 3.05) is 25.4 Å². The van der Waals surface area contributed by atoms with E-state index in [9.17, 15) is 13.2 Å². The van der Waals surface area contributed by atoms with E-state index in [0.29, 0.717) is 35.4 Å². The Bertz CT molecular complexity index is 1420. The lowest BCUT2D eigenvalue weighted by Crippen LogP contribution is -2.40. The van der Waals surface area contributed by atoms with Crippen molar-refractivity contribution < 1.29 is 13.2 Å². The molecule has 1 aliphatic rings. The number of nitrogens with two attached hydrogens (primary N) is 1. The molecule has 2 aromatic heterocycles. The Morgan fingerprint density at radius 2 is 2.15 bits per heavy atom. The molecule has 34 heavy (non-hydrogen) atoms. The highest BCUT2D eigenvalue weighted by Gasteiger charge is 2.27. The van der Waals surface area contributed by atoms with E-state index in [-0.39, 0.29) is 29.2 Å². The van der Waals surface area contributed by atoms with Crippen LogP contribution in [0.4, 0.5) is 5.82 Å². The number of amides is 1. The highest BCUT2D eigenvalue weighted by molar-refractivity contribution is 7.89. The molecule has 0 aliphatic carbocycles. The summed E-state index contributed by atoms with van der Waals surface area (Å²) in [6, 6.07) is 6.62. The first-order valence-corrected chi connectivity index (χ1v) is 12.2. The minimum atomic E-state index is -3.70. The standard InChI is InChI=1S/C23H25N7O3S/c1-3-20(31)29-13-7-9-17(14-29)30-23-21(22(24)25-15-26-23)18(28-30)10-6-12-27-34(32,33)19-11-5-4-8-16(19)2/h3-5,8,11,15,17,27H,1,7,9,12-14H2,2H3,(H2,24,25,26). The fourth-order valence-electron chi connectivity index (χ4n) is 4.02. The number of carbonyl (C=O) groups excluding carboxylic acids is 1. The molecular formula is C23H25N7O3S. The van der Waals surface area contributed by atoms with Gasteiger partial charge in [0.1, 0.15) is 17.8 Å². The third-order valence-corrected chi connectivity index (χ3v) is 7.25. The van der Waals surface area contributed by atoms with Gasteiger partial charge < -0.3 is 10.6 Å². The Morgan fingerprint density at radius 3 is 2.91 bits per heavy atom. The fraction of sp³-hybridized carbons (Fsp3) is 0.304. The molecule has 1 saturated heterocycles. The number of hydrogen-bond donors (Lipinski definition) is 2. The maximum atomic E-state index is 12.6. The number of nitrogen functional groups attached to an aromatic ring is 1. The van der Waals surface area contributed by atoms with Crippen LogP contribution in [0.15, 0.2) is 48.1 Å². The second kappa shape index (κ2) is 9.62. The molecule has 176 valence electrons. The van der Waals surface area contributed by atoms with E-state index >= 15 is 0 Å². The smallest absolute Gasteiger partial charge is 0.246 e. The number of carbonyl (C=O) groups is 1. The molecule has 1 aliphatic heterocycles. The Hall–Kier alpha value is -3.75. The Kier molecular flexibility index (Phi) is 6.63. The molecule has 0 bridgehead atoms. The lowest BCUT2D eigenvalue weighted by atomic mass is 10.1. The van der Waals surface area contributed by atoms with E-state index in [1.807, 2.05) is 0 Å². The molecule has 3 N–H and O–H groups in total. The molecule has 1 atom stereocenters. The number of rotatable bonds is 5. The SMILES string of the molecule is C=CC(=O)N1CCCC(n2nc(C#CCNS(=O)(=O)c3ccccc3C)c3c(N)ncnc32)C1. The number of aryl methyl sites for hydroxylation is 1. The monoisotopic (exact) mass is 479 g/mol. The average molecular weight is 480 g/mol. The Balaban J connectivity index is 1.60. The van der Waals surface area contributed by atoms with Crippen LogP contribution >= 0.6 is 0 Å². The zero-order valence-corrected chi connectivity index (χ0v) is 19.5. The quantitative estimate of drug-likeness (QED) is 0.417. The van der Waals surface area contributed by atoms with Gasteiger partial charge in [-0.2, -0.15) is 9.82 Å². The average Bonchev–Trinajstić information content (AvgIpc) is 3.21. The first-order chi connectivity index (χ1) is 16.3. The van der Waals surface area contributed by atoms with E-state index in [1.165, 1.54) is 12.4 Å². The summed E-state index contributed by atoms with van der Waals surface area (Å²) >= 11 is 0. The van der Waals surface area contributed by atoms with Crippen LogP contribution in [0.3, 0.4) is 0 Å². The molecule has 0 saturated carbocycles. The second-order valence-electron chi connectivity index (χ2n) is 7.93. The van der Waals surface area contributed by atoms with Crippen molar-refractivity contribution in [2.24, 2.45) is 0 Å². The predicted molar refractivity (Wildman–Crippen MR) is 128 cm³/mol. The van der Waals surface area contributed by atoms with E-state index in [0.717, 1.165) is 12.8 Å². The Morgan fingerprint density at radius 1 is 1.35 bits per heavy atom. The summed E-state index contributed by atoms with van der Waals surface area (Å²) in [5, 5.41) is 5.12. The minimum Gasteiger partial charge on any atom is -0.383 e. The summed E-state index contributed by atoms with van der Waals surface area (Å²) in [5.74, 6) is 5.82. The van der Waals surface area contributed by atoms with Crippen LogP contribution in [0.1, 0.15) is 30.1 Å². The van der Waals surface area contributed by atoms with Crippen molar-refractivity contribution in [3.8, 4) is 11.8 Å². The number of nitrogens with zero attached hydrogens (tertiary/aromatic N) is 5. The van der Waals surface area contributed by atoms with E-state index in [1.54, 1.807) is 40.8 Å². The van der Waals surface area contributed by atoms with Crippen LogP contribution in [-0.4, -0.2) is 58.6 Å². The van der Waals surface area contributed by atoms with Gasteiger partial charge >= 0.3 is 0 Å². The number of fused-ring (bicyclic) bond motifs is 1. The summed E-state index contributed by atoms with van der Waals surface area (Å²) in [5.41, 5.74) is 7.63. The van der Waals surface area contributed by atoms with Gasteiger partial charge in [-0.05, 0) is 43.4 Å². The van der Waals surface area contributed by atoms with Crippen molar-refractivity contribution in [3.05, 3.63) is 54.5 Å². The molecule has 3 aromatic rings.